The van der Waals surface area contributed by atoms with E-state index in [9.17, 15) is 32.3 Å². The summed E-state index contributed by atoms with van der Waals surface area (Å²) in [6, 6.07) is 0. The molecule has 0 N–H and O–H groups in total. The van der Waals surface area contributed by atoms with Crippen molar-refractivity contribution in [2.24, 2.45) is 22.7 Å². The van der Waals surface area contributed by atoms with Gasteiger partial charge in [-0.3, -0.25) is 14.4 Å². The summed E-state index contributed by atoms with van der Waals surface area (Å²) in [5.74, 6) is -4.82. The molecular formula is C20H25F3O8. The van der Waals surface area contributed by atoms with Crippen molar-refractivity contribution in [3.8, 4) is 0 Å². The number of ether oxygens (including phenoxy) is 4. The van der Waals surface area contributed by atoms with Crippen LogP contribution in [0.15, 0.2) is 0 Å². The Kier molecular flexibility index (Phi) is 5.77. The summed E-state index contributed by atoms with van der Waals surface area (Å²) in [4.78, 5) is 49.1. The van der Waals surface area contributed by atoms with E-state index in [4.69, 9.17) is 14.2 Å². The normalized spacial score (nSPS) is 32.4. The average molecular weight is 450 g/mol. The Bertz CT molecular complexity index is 792. The van der Waals surface area contributed by atoms with Gasteiger partial charge in [0.25, 0.3) is 0 Å². The predicted octanol–water partition coefficient (Wildman–Crippen LogP) is 2.32. The summed E-state index contributed by atoms with van der Waals surface area (Å²) in [7, 11) is 0. The molecule has 0 aromatic heterocycles. The number of halogens is 3. The Labute approximate surface area is 176 Å². The standard InChI is InChI=1S/C20H25F3O8/c1-5-18(3,4)15(25)28-8-12(24)30-13-10-6-11-14(13)31-17(27)19(11,7-10)16(26)29-9(2)20(21,22)23/h9-11,13-14H,5-8H2,1-4H3. The third-order valence-corrected chi connectivity index (χ3v) is 6.70. The SMILES string of the molecule is CCC(C)(C)C(=O)OCC(=O)OC1C2CC3C1OC(=O)C3(C(=O)OC(C)C(F)(F)F)C2. The first-order chi connectivity index (χ1) is 14.2. The van der Waals surface area contributed by atoms with E-state index in [1.54, 1.807) is 20.8 Å². The zero-order chi connectivity index (χ0) is 23.4. The minimum absolute atomic E-state index is 0.128. The molecule has 3 aliphatic rings. The number of fused-ring (bicyclic) bond motifs is 1. The van der Waals surface area contributed by atoms with Crippen LogP contribution >= 0.6 is 0 Å². The molecule has 174 valence electrons. The minimum Gasteiger partial charge on any atom is -0.457 e. The highest BCUT2D eigenvalue weighted by atomic mass is 19.4. The van der Waals surface area contributed by atoms with Gasteiger partial charge in [0, 0.05) is 11.8 Å². The van der Waals surface area contributed by atoms with Crippen LogP contribution in [0.1, 0.15) is 47.0 Å². The zero-order valence-corrected chi connectivity index (χ0v) is 17.6. The fourth-order valence-electron chi connectivity index (χ4n) is 4.41. The predicted molar refractivity (Wildman–Crippen MR) is 95.0 cm³/mol. The van der Waals surface area contributed by atoms with E-state index in [0.29, 0.717) is 13.3 Å². The molecule has 0 radical (unpaired) electrons. The van der Waals surface area contributed by atoms with Crippen molar-refractivity contribution >= 4 is 23.9 Å². The lowest BCUT2D eigenvalue weighted by Crippen LogP contribution is -2.47. The van der Waals surface area contributed by atoms with Crippen LogP contribution in [-0.2, 0) is 38.1 Å². The van der Waals surface area contributed by atoms with Gasteiger partial charge in [0.2, 0.25) is 0 Å². The topological polar surface area (TPSA) is 105 Å². The summed E-state index contributed by atoms with van der Waals surface area (Å²) in [5.41, 5.74) is -2.57. The highest BCUT2D eigenvalue weighted by molar-refractivity contribution is 6.03. The quantitative estimate of drug-likeness (QED) is 0.331. The molecule has 0 aromatic rings. The molecule has 8 nitrogen and oxygen atoms in total. The van der Waals surface area contributed by atoms with Crippen LogP contribution in [0, 0.1) is 22.7 Å². The molecule has 1 heterocycles. The molecule has 31 heavy (non-hydrogen) atoms. The highest BCUT2D eigenvalue weighted by Gasteiger charge is 2.75. The van der Waals surface area contributed by atoms with Crippen LogP contribution < -0.4 is 0 Å². The average Bonchev–Trinajstić information content (AvgIpc) is 3.27. The Morgan fingerprint density at radius 2 is 1.90 bits per heavy atom. The summed E-state index contributed by atoms with van der Waals surface area (Å²) in [5, 5.41) is 0. The van der Waals surface area contributed by atoms with Crippen molar-refractivity contribution in [1.29, 1.82) is 0 Å². The molecular weight excluding hydrogens is 425 g/mol. The lowest BCUT2D eigenvalue weighted by molar-refractivity contribution is -0.222. The van der Waals surface area contributed by atoms with Gasteiger partial charge in [-0.05, 0) is 40.0 Å². The molecule has 2 aliphatic carbocycles. The number of hydrogen-bond donors (Lipinski definition) is 0. The van der Waals surface area contributed by atoms with Crippen LogP contribution in [0.4, 0.5) is 13.2 Å². The van der Waals surface area contributed by atoms with Gasteiger partial charge in [0.05, 0.1) is 5.41 Å². The lowest BCUT2D eigenvalue weighted by atomic mass is 9.73. The van der Waals surface area contributed by atoms with E-state index in [2.05, 4.69) is 4.74 Å². The molecule has 6 unspecified atom stereocenters. The summed E-state index contributed by atoms with van der Waals surface area (Å²) < 4.78 is 58.4. The molecule has 0 amide bonds. The van der Waals surface area contributed by atoms with Gasteiger partial charge < -0.3 is 18.9 Å². The van der Waals surface area contributed by atoms with Crippen LogP contribution in [0.5, 0.6) is 0 Å². The van der Waals surface area contributed by atoms with E-state index in [1.807, 2.05) is 0 Å². The van der Waals surface area contributed by atoms with Crippen molar-refractivity contribution in [2.75, 3.05) is 6.61 Å². The summed E-state index contributed by atoms with van der Waals surface area (Å²) >= 11 is 0. The van der Waals surface area contributed by atoms with Crippen LogP contribution in [0.2, 0.25) is 0 Å². The Hall–Kier alpha value is -2.33. The molecule has 2 saturated carbocycles. The first-order valence-corrected chi connectivity index (χ1v) is 10.1. The number of esters is 4. The molecule has 1 saturated heterocycles. The molecule has 3 fully saturated rings. The molecule has 11 heteroatoms. The fraction of sp³-hybridized carbons (Fsp3) is 0.800. The molecule has 0 spiro atoms. The molecule has 6 atom stereocenters. The first kappa shape index (κ1) is 23.3. The van der Waals surface area contributed by atoms with Gasteiger partial charge in [-0.2, -0.15) is 13.2 Å². The van der Waals surface area contributed by atoms with Crippen molar-refractivity contribution < 1.29 is 51.3 Å². The van der Waals surface area contributed by atoms with Gasteiger partial charge in [-0.25, -0.2) is 4.79 Å². The van der Waals surface area contributed by atoms with Gasteiger partial charge in [-0.1, -0.05) is 6.92 Å². The van der Waals surface area contributed by atoms with Gasteiger partial charge in [0.1, 0.15) is 12.2 Å². The maximum absolute atomic E-state index is 12.8. The number of carbonyl (C=O) groups is 4. The number of alkyl halides is 3. The monoisotopic (exact) mass is 450 g/mol. The maximum atomic E-state index is 12.8. The smallest absolute Gasteiger partial charge is 0.425 e. The van der Waals surface area contributed by atoms with E-state index in [0.717, 1.165) is 0 Å². The van der Waals surface area contributed by atoms with Crippen molar-refractivity contribution in [2.45, 2.75) is 71.4 Å². The number of carbonyl (C=O) groups excluding carboxylic acids is 4. The number of rotatable bonds is 7. The Morgan fingerprint density at radius 1 is 1.26 bits per heavy atom. The van der Waals surface area contributed by atoms with E-state index < -0.39 is 77.6 Å². The van der Waals surface area contributed by atoms with Crippen LogP contribution in [-0.4, -0.2) is 55.0 Å². The van der Waals surface area contributed by atoms with Gasteiger partial charge >= 0.3 is 30.1 Å². The van der Waals surface area contributed by atoms with E-state index >= 15 is 0 Å². The second-order valence-electron chi connectivity index (χ2n) is 9.00. The van der Waals surface area contributed by atoms with Crippen molar-refractivity contribution in [3.63, 3.8) is 0 Å². The van der Waals surface area contributed by atoms with Crippen LogP contribution in [0.25, 0.3) is 0 Å². The third kappa shape index (κ3) is 3.87. The van der Waals surface area contributed by atoms with Gasteiger partial charge in [-0.15, -0.1) is 0 Å². The Balaban J connectivity index is 1.63. The van der Waals surface area contributed by atoms with Gasteiger partial charge in [0.15, 0.2) is 18.1 Å². The number of hydrogen-bond acceptors (Lipinski definition) is 8. The second kappa shape index (κ2) is 7.67. The lowest BCUT2D eigenvalue weighted by Gasteiger charge is -2.31. The minimum atomic E-state index is -4.76. The third-order valence-electron chi connectivity index (χ3n) is 6.70. The zero-order valence-electron chi connectivity index (χ0n) is 17.6. The molecule has 1 aliphatic heterocycles. The second-order valence-corrected chi connectivity index (χ2v) is 9.00. The first-order valence-electron chi connectivity index (χ1n) is 10.1. The fourth-order valence-corrected chi connectivity index (χ4v) is 4.41. The molecule has 2 bridgehead atoms. The molecule has 3 rings (SSSR count). The highest BCUT2D eigenvalue weighted by Crippen LogP contribution is 2.63. The van der Waals surface area contributed by atoms with E-state index in [-0.39, 0.29) is 12.8 Å². The summed E-state index contributed by atoms with van der Waals surface area (Å²) in [6.45, 7) is 5.22. The van der Waals surface area contributed by atoms with Crippen LogP contribution in [0.3, 0.4) is 0 Å². The Morgan fingerprint density at radius 3 is 2.48 bits per heavy atom. The van der Waals surface area contributed by atoms with E-state index in [1.165, 1.54) is 0 Å². The summed E-state index contributed by atoms with van der Waals surface area (Å²) in [6.07, 6.45) is -8.28. The van der Waals surface area contributed by atoms with Crippen molar-refractivity contribution in [1.82, 2.24) is 0 Å². The largest absolute Gasteiger partial charge is 0.457 e. The molecule has 0 aromatic carbocycles. The maximum Gasteiger partial charge on any atom is 0.425 e. The van der Waals surface area contributed by atoms with Crippen molar-refractivity contribution in [3.05, 3.63) is 0 Å².